The van der Waals surface area contributed by atoms with Gasteiger partial charge in [0.25, 0.3) is 10.1 Å². The first-order valence-corrected chi connectivity index (χ1v) is 23.1. The highest BCUT2D eigenvalue weighted by Gasteiger charge is 2.34. The number of phenols is 2. The van der Waals surface area contributed by atoms with Crippen LogP contribution in [-0.2, 0) is 10.1 Å². The third-order valence-electron chi connectivity index (χ3n) is 10.0. The molecule has 3 heterocycles. The van der Waals surface area contributed by atoms with Crippen molar-refractivity contribution in [1.82, 2.24) is 9.97 Å². The van der Waals surface area contributed by atoms with Crippen LogP contribution in [0.4, 0.5) is 45.8 Å². The lowest BCUT2D eigenvalue weighted by atomic mass is 10.1. The van der Waals surface area contributed by atoms with Crippen molar-refractivity contribution in [1.29, 1.82) is 0 Å². The van der Waals surface area contributed by atoms with Crippen molar-refractivity contribution in [3.8, 4) is 28.7 Å². The number of aromatic nitrogens is 2. The fourth-order valence-electron chi connectivity index (χ4n) is 6.07. The third kappa shape index (κ3) is 18.5. The van der Waals surface area contributed by atoms with Crippen molar-refractivity contribution < 1.29 is 47.3 Å². The van der Waals surface area contributed by atoms with Gasteiger partial charge in [-0.3, -0.25) is 4.55 Å². The van der Waals surface area contributed by atoms with Gasteiger partial charge in [0, 0.05) is 64.1 Å². The molecular weight excluding hydrogens is 959 g/mol. The second-order valence-corrected chi connectivity index (χ2v) is 17.1. The average Bonchev–Trinajstić information content (AvgIpc) is 3.91. The summed E-state index contributed by atoms with van der Waals surface area (Å²) in [4.78, 5) is 17.5. The van der Waals surface area contributed by atoms with Crippen molar-refractivity contribution in [2.45, 2.75) is 30.2 Å². The van der Waals surface area contributed by atoms with E-state index in [-0.39, 0.29) is 33.3 Å². The highest BCUT2D eigenvalue weighted by Crippen LogP contribution is 2.38. The Morgan fingerprint density at radius 2 is 1.25 bits per heavy atom. The predicted molar refractivity (Wildman–Crippen MR) is 286 cm³/mol. The molecule has 8 aromatic rings. The van der Waals surface area contributed by atoms with Gasteiger partial charge in [-0.1, -0.05) is 42.5 Å². The number of nitrogens with two attached hydrogens (primary N) is 9. The zero-order valence-electron chi connectivity index (χ0n) is 39.7. The van der Waals surface area contributed by atoms with Crippen LogP contribution in [0, 0.1) is 6.92 Å². The summed E-state index contributed by atoms with van der Waals surface area (Å²) in [6.07, 6.45) is 2.39. The topological polar surface area (TPSA) is 420 Å². The van der Waals surface area contributed by atoms with Gasteiger partial charge >= 0.3 is 5.97 Å². The van der Waals surface area contributed by atoms with Gasteiger partial charge in [-0.2, -0.15) is 8.42 Å². The molecule has 21 nitrogen and oxygen atoms in total. The van der Waals surface area contributed by atoms with E-state index in [0.717, 1.165) is 39.9 Å². The molecular formula is C51H59N11O10S. The molecule has 2 aromatic heterocycles. The van der Waals surface area contributed by atoms with E-state index in [2.05, 4.69) is 34.2 Å². The summed E-state index contributed by atoms with van der Waals surface area (Å²) >= 11 is 0. The monoisotopic (exact) mass is 1020 g/mol. The molecule has 1 fully saturated rings. The summed E-state index contributed by atoms with van der Waals surface area (Å²) in [5.74, 6) is 2.59. The van der Waals surface area contributed by atoms with Gasteiger partial charge in [0.2, 0.25) is 6.79 Å². The van der Waals surface area contributed by atoms with Crippen LogP contribution in [0.5, 0.6) is 28.7 Å². The fourth-order valence-corrected chi connectivity index (χ4v) is 6.72. The number of carboxylic acids is 1. The van der Waals surface area contributed by atoms with Crippen molar-refractivity contribution >= 4 is 72.8 Å². The standard InChI is InChI=1S/C9H8N2O.C9H11N.C7H10N2.C7H7NO2.C7H9NO2.C6H8N2O3S.C6H6N2O2/c10-8-5-4-6-2-1-3-7(12)9(6)11-8;10-9-6-8(9)7-4-2-1-3-5-7;1-5-4-6(8)2-3-7(5)9;8-5-1-2-6-7(3-5)10-4-9-6;1-10-7-3-2-5(8)4-6(7)9;7-4-1-2-5(8)6(3-4)12(9,10)11;7-5-2-1-4(3-8-5)6(9)10/h1-5,12H,(H2,10,11);1-5,8-9H,6,10H2;2-4H,8-9H2,1H3;1-3H,4,8H2;2-4,9H,8H2,1H3;1-3H,7-8H2,(H,9,10,11);1-3H,(H2,7,8)(H,9,10). The third-order valence-corrected chi connectivity index (χ3v) is 10.9. The second-order valence-electron chi connectivity index (χ2n) is 15.7. The zero-order valence-corrected chi connectivity index (χ0v) is 40.6. The molecule has 0 saturated heterocycles. The molecule has 0 bridgehead atoms. The number of aromatic carboxylic acids is 1. The first-order chi connectivity index (χ1) is 34.6. The molecule has 0 radical (unpaired) electrons. The van der Waals surface area contributed by atoms with E-state index in [9.17, 15) is 18.3 Å². The minimum atomic E-state index is -4.26. The molecule has 22 heteroatoms. The number of fused-ring (bicyclic) bond motifs is 2. The summed E-state index contributed by atoms with van der Waals surface area (Å²) in [5.41, 5.74) is 55.0. The summed E-state index contributed by atoms with van der Waals surface area (Å²) in [6.45, 7) is 2.24. The Morgan fingerprint density at radius 3 is 1.81 bits per heavy atom. The maximum Gasteiger partial charge on any atom is 0.337 e. The first-order valence-electron chi connectivity index (χ1n) is 21.7. The number of nitrogen functional groups attached to an aromatic ring is 8. The van der Waals surface area contributed by atoms with Crippen molar-refractivity contribution in [2.75, 3.05) is 59.8 Å². The largest absolute Gasteiger partial charge is 0.506 e. The minimum Gasteiger partial charge on any atom is -0.506 e. The highest BCUT2D eigenvalue weighted by molar-refractivity contribution is 7.86. The number of methoxy groups -OCH3 is 1. The van der Waals surface area contributed by atoms with E-state index >= 15 is 0 Å². The lowest BCUT2D eigenvalue weighted by molar-refractivity contribution is 0.0696. The summed E-state index contributed by atoms with van der Waals surface area (Å²) in [7, 11) is -2.77. The molecule has 1 aliphatic heterocycles. The van der Waals surface area contributed by atoms with E-state index in [1.54, 1.807) is 54.6 Å². The van der Waals surface area contributed by atoms with Gasteiger partial charge in [-0.15, -0.1) is 0 Å². The molecule has 2 unspecified atom stereocenters. The van der Waals surface area contributed by atoms with Crippen LogP contribution in [0.1, 0.15) is 33.8 Å². The molecule has 0 amide bonds. The Hall–Kier alpha value is -9.38. The number of pyridine rings is 2. The van der Waals surface area contributed by atoms with Crippen LogP contribution in [0.3, 0.4) is 0 Å². The number of para-hydroxylation sites is 1. The molecule has 0 spiro atoms. The molecule has 1 aliphatic carbocycles. The molecule has 384 valence electrons. The fraction of sp³-hybridized carbons (Fsp3) is 0.118. The summed E-state index contributed by atoms with van der Waals surface area (Å²) < 4.78 is 44.8. The number of ether oxygens (including phenoxy) is 3. The number of nitrogens with zero attached hydrogens (tertiary/aromatic N) is 2. The Balaban J connectivity index is 0.000000185. The smallest absolute Gasteiger partial charge is 0.337 e. The number of anilines is 8. The molecule has 2 atom stereocenters. The second kappa shape index (κ2) is 26.6. The van der Waals surface area contributed by atoms with Gasteiger partial charge in [0.05, 0.1) is 18.4 Å². The molecule has 22 N–H and O–H groups in total. The number of hydrogen-bond acceptors (Lipinski definition) is 19. The molecule has 1 saturated carbocycles. The van der Waals surface area contributed by atoms with E-state index in [0.29, 0.717) is 53.0 Å². The van der Waals surface area contributed by atoms with Gasteiger partial charge in [0.15, 0.2) is 23.0 Å². The number of aryl methyl sites for hydroxylation is 1. The Labute approximate surface area is 421 Å². The number of phenolic OH excluding ortho intramolecular Hbond substituents is 2. The number of hydrogen-bond donors (Lipinski definition) is 13. The number of carbonyl (C=O) groups is 1. The predicted octanol–water partition coefficient (Wildman–Crippen LogP) is 6.62. The van der Waals surface area contributed by atoms with Crippen molar-refractivity contribution in [3.63, 3.8) is 0 Å². The maximum absolute atomic E-state index is 10.6. The highest BCUT2D eigenvalue weighted by atomic mass is 32.2. The summed E-state index contributed by atoms with van der Waals surface area (Å²) in [6, 6.07) is 41.9. The Bertz CT molecular complexity index is 3180. The van der Waals surface area contributed by atoms with Crippen LogP contribution >= 0.6 is 0 Å². The number of aromatic hydroxyl groups is 2. The zero-order chi connectivity index (χ0) is 53.8. The minimum absolute atomic E-state index is 0.0216. The lowest BCUT2D eigenvalue weighted by Gasteiger charge is -2.02. The number of rotatable bonds is 4. The molecule has 73 heavy (non-hydrogen) atoms. The average molecular weight is 1020 g/mol. The van der Waals surface area contributed by atoms with Crippen LogP contribution in [0.2, 0.25) is 0 Å². The Morgan fingerprint density at radius 1 is 0.658 bits per heavy atom. The summed E-state index contributed by atoms with van der Waals surface area (Å²) in [5, 5.41) is 27.8. The normalized spacial score (nSPS) is 13.3. The van der Waals surface area contributed by atoms with Crippen molar-refractivity contribution in [2.24, 2.45) is 5.73 Å². The number of benzene rings is 6. The molecule has 6 aromatic carbocycles. The van der Waals surface area contributed by atoms with E-state index in [1.165, 1.54) is 55.6 Å². The van der Waals surface area contributed by atoms with Crippen LogP contribution in [0.15, 0.2) is 157 Å². The van der Waals surface area contributed by atoms with Gasteiger partial charge in [-0.05, 0) is 115 Å². The first kappa shape index (κ1) is 56.2. The quantitative estimate of drug-likeness (QED) is 0.0650. The number of carboxylic acid groups (broad SMARTS) is 1. The maximum atomic E-state index is 10.6. The SMILES string of the molecule is COc1ccc(N)cc1O.Cc1cc(N)ccc1N.NC1CC1c1ccccc1.Nc1ccc(C(=O)O)cn1.Nc1ccc(N)c(S(=O)(=O)O)c1.Nc1ccc2c(c1)OCO2.Nc1ccc2cccc(O)c2n1. The molecule has 2 aliphatic rings. The molecule has 10 rings (SSSR count). The van der Waals surface area contributed by atoms with E-state index in [1.807, 2.05) is 37.3 Å². The lowest BCUT2D eigenvalue weighted by Crippen LogP contribution is -2.03. The van der Waals surface area contributed by atoms with Crippen LogP contribution in [-0.4, -0.2) is 64.2 Å². The Kier molecular flexibility index (Phi) is 20.4. The van der Waals surface area contributed by atoms with Crippen molar-refractivity contribution in [3.05, 3.63) is 168 Å². The van der Waals surface area contributed by atoms with Gasteiger partial charge in [0.1, 0.15) is 27.8 Å². The van der Waals surface area contributed by atoms with Crippen LogP contribution in [0.25, 0.3) is 10.9 Å². The van der Waals surface area contributed by atoms with Crippen LogP contribution < -0.4 is 65.8 Å². The van der Waals surface area contributed by atoms with Gasteiger partial charge < -0.3 is 81.1 Å². The van der Waals surface area contributed by atoms with Gasteiger partial charge in [-0.25, -0.2) is 14.8 Å². The van der Waals surface area contributed by atoms with E-state index in [4.69, 9.17) is 80.6 Å². The van der Waals surface area contributed by atoms with E-state index < -0.39 is 16.1 Å².